The van der Waals surface area contributed by atoms with Crippen LogP contribution in [-0.2, 0) is 15.6 Å². The van der Waals surface area contributed by atoms with Crippen LogP contribution in [0.4, 0.5) is 0 Å². The summed E-state index contributed by atoms with van der Waals surface area (Å²) in [6.45, 7) is 12.6. The van der Waals surface area contributed by atoms with Crippen molar-refractivity contribution in [1.29, 1.82) is 0 Å². The number of nitrogens with one attached hydrogen (secondary N) is 1. The summed E-state index contributed by atoms with van der Waals surface area (Å²) < 4.78 is 17.4. The predicted octanol–water partition coefficient (Wildman–Crippen LogP) is 3.37. The van der Waals surface area contributed by atoms with E-state index in [2.05, 4.69) is 39.2 Å². The Morgan fingerprint density at radius 3 is 2.23 bits per heavy atom. The summed E-state index contributed by atoms with van der Waals surface area (Å²) in [5, 5.41) is 3.05. The van der Waals surface area contributed by atoms with E-state index in [0.717, 1.165) is 5.56 Å². The highest BCUT2D eigenvalue weighted by molar-refractivity contribution is 6.48. The third kappa shape index (κ3) is 3.56. The minimum absolute atomic E-state index is 0.0158. The van der Waals surface area contributed by atoms with Gasteiger partial charge in [-0.1, -0.05) is 20.8 Å². The van der Waals surface area contributed by atoms with Crippen molar-refractivity contribution < 1.29 is 23.5 Å². The van der Waals surface area contributed by atoms with Crippen LogP contribution in [0.3, 0.4) is 0 Å². The van der Waals surface area contributed by atoms with Crippen molar-refractivity contribution in [2.45, 2.75) is 65.3 Å². The lowest BCUT2D eigenvalue weighted by Crippen LogP contribution is -2.73. The molecule has 1 aromatic carbocycles. The summed E-state index contributed by atoms with van der Waals surface area (Å²) >= 11 is 0. The number of methoxy groups -OCH3 is 2. The zero-order valence-corrected chi connectivity index (χ0v) is 20.6. The SMILES string of the molecule is COc1ccc2c(c1OC)CC[C@H]([C@H]1NC(=O)[C@@H]1[C@@](C)(O[SiH](C)C)C(C)(C)C)C2=O. The molecule has 1 amide bonds. The number of β-lactam (4-membered cyclic amide) rings is 1. The van der Waals surface area contributed by atoms with Crippen LogP contribution in [0.15, 0.2) is 12.1 Å². The topological polar surface area (TPSA) is 73.9 Å². The van der Waals surface area contributed by atoms with Gasteiger partial charge in [-0.2, -0.15) is 0 Å². The van der Waals surface area contributed by atoms with E-state index >= 15 is 0 Å². The number of ketones is 1. The summed E-state index contributed by atoms with van der Waals surface area (Å²) in [5.74, 6) is 0.696. The van der Waals surface area contributed by atoms with E-state index in [1.165, 1.54) is 0 Å². The third-order valence-electron chi connectivity index (χ3n) is 6.90. The molecule has 4 atom stereocenters. The fourth-order valence-corrected chi connectivity index (χ4v) is 6.46. The molecule has 30 heavy (non-hydrogen) atoms. The summed E-state index contributed by atoms with van der Waals surface area (Å²) in [7, 11) is 1.78. The molecular formula is C23H35NO5Si. The number of hydrogen-bond donors (Lipinski definition) is 1. The van der Waals surface area contributed by atoms with Crippen LogP contribution >= 0.6 is 0 Å². The second-order valence-corrected chi connectivity index (χ2v) is 12.2. The summed E-state index contributed by atoms with van der Waals surface area (Å²) in [6.07, 6.45) is 1.37. The number of Topliss-reactive ketones (excluding diaryl/α,β-unsaturated/α-hetero) is 1. The normalized spacial score (nSPS) is 25.8. The van der Waals surface area contributed by atoms with Crippen molar-refractivity contribution in [3.8, 4) is 11.5 Å². The minimum Gasteiger partial charge on any atom is -0.493 e. The molecule has 1 N–H and O–H groups in total. The molecule has 1 aliphatic heterocycles. The Morgan fingerprint density at radius 1 is 1.07 bits per heavy atom. The second kappa shape index (κ2) is 8.00. The standard InChI is InChI=1S/C23H35NO5Si/c1-22(2,3)23(4,29-30(7)8)17-18(24-21(17)26)15-10-9-14-13(19(15)25)11-12-16(27-5)20(14)28-6/h11-12,15,17-18,30H,9-10H2,1-8H3,(H,24,26)/t15-,17-,18-,23-/m1/s1. The maximum Gasteiger partial charge on any atom is 0.228 e. The van der Waals surface area contributed by atoms with Crippen molar-refractivity contribution in [3.05, 3.63) is 23.3 Å². The van der Waals surface area contributed by atoms with Gasteiger partial charge in [0.1, 0.15) is 0 Å². The molecule has 1 heterocycles. The molecule has 0 spiro atoms. The van der Waals surface area contributed by atoms with Crippen LogP contribution in [0.5, 0.6) is 11.5 Å². The van der Waals surface area contributed by atoms with Crippen molar-refractivity contribution in [1.82, 2.24) is 5.32 Å². The van der Waals surface area contributed by atoms with Crippen molar-refractivity contribution in [3.63, 3.8) is 0 Å². The number of ether oxygens (including phenoxy) is 2. The number of rotatable bonds is 6. The Kier molecular flexibility index (Phi) is 6.08. The lowest BCUT2D eigenvalue weighted by atomic mass is 9.60. The molecule has 3 rings (SSSR count). The fourth-order valence-electron chi connectivity index (χ4n) is 4.98. The third-order valence-corrected chi connectivity index (χ3v) is 7.86. The highest BCUT2D eigenvalue weighted by Crippen LogP contribution is 2.48. The van der Waals surface area contributed by atoms with Crippen LogP contribution in [-0.4, -0.2) is 46.6 Å². The summed E-state index contributed by atoms with van der Waals surface area (Å²) in [4.78, 5) is 26.3. The van der Waals surface area contributed by atoms with Crippen LogP contribution in [0, 0.1) is 17.3 Å². The van der Waals surface area contributed by atoms with Gasteiger partial charge < -0.3 is 19.2 Å². The zero-order chi connectivity index (χ0) is 22.4. The molecule has 1 aromatic rings. The zero-order valence-electron chi connectivity index (χ0n) is 19.4. The smallest absolute Gasteiger partial charge is 0.228 e. The average Bonchev–Trinajstić information content (AvgIpc) is 2.64. The molecule has 0 saturated carbocycles. The van der Waals surface area contributed by atoms with E-state index in [-0.39, 0.29) is 35.0 Å². The van der Waals surface area contributed by atoms with Crippen LogP contribution in [0.1, 0.15) is 50.0 Å². The van der Waals surface area contributed by atoms with Gasteiger partial charge in [0.15, 0.2) is 26.3 Å². The Balaban J connectivity index is 1.95. The first-order chi connectivity index (χ1) is 14.0. The van der Waals surface area contributed by atoms with Gasteiger partial charge in [-0.25, -0.2) is 0 Å². The van der Waals surface area contributed by atoms with E-state index < -0.39 is 14.6 Å². The molecule has 1 saturated heterocycles. The van der Waals surface area contributed by atoms with Gasteiger partial charge in [0.25, 0.3) is 0 Å². The summed E-state index contributed by atoms with van der Waals surface area (Å²) in [5.41, 5.74) is 0.695. The number of carbonyl (C=O) groups is 2. The molecule has 6 nitrogen and oxygen atoms in total. The molecule has 2 aliphatic rings. The molecule has 0 bridgehead atoms. The van der Waals surface area contributed by atoms with Gasteiger partial charge in [-0.05, 0) is 50.4 Å². The average molecular weight is 434 g/mol. The van der Waals surface area contributed by atoms with Gasteiger partial charge in [0.05, 0.1) is 31.8 Å². The largest absolute Gasteiger partial charge is 0.493 e. The van der Waals surface area contributed by atoms with Crippen molar-refractivity contribution >= 4 is 20.7 Å². The van der Waals surface area contributed by atoms with Gasteiger partial charge in [0.2, 0.25) is 5.91 Å². The number of hydrogen-bond acceptors (Lipinski definition) is 5. The number of benzene rings is 1. The monoisotopic (exact) mass is 433 g/mol. The minimum atomic E-state index is -1.41. The number of fused-ring (bicyclic) bond motifs is 1. The first kappa shape index (κ1) is 22.8. The Morgan fingerprint density at radius 2 is 1.73 bits per heavy atom. The maximum absolute atomic E-state index is 13.5. The van der Waals surface area contributed by atoms with Gasteiger partial charge in [0, 0.05) is 17.0 Å². The lowest BCUT2D eigenvalue weighted by Gasteiger charge is -2.56. The highest BCUT2D eigenvalue weighted by Gasteiger charge is 2.60. The molecule has 0 unspecified atom stereocenters. The summed E-state index contributed by atoms with van der Waals surface area (Å²) in [6, 6.07) is 3.38. The fraction of sp³-hybridized carbons (Fsp3) is 0.652. The molecule has 7 heteroatoms. The first-order valence-electron chi connectivity index (χ1n) is 10.7. The lowest BCUT2D eigenvalue weighted by molar-refractivity contribution is -0.161. The molecular weight excluding hydrogens is 398 g/mol. The molecule has 166 valence electrons. The quantitative estimate of drug-likeness (QED) is 0.550. The van der Waals surface area contributed by atoms with Crippen LogP contribution in [0.25, 0.3) is 0 Å². The van der Waals surface area contributed by atoms with E-state index in [9.17, 15) is 9.59 Å². The van der Waals surface area contributed by atoms with E-state index in [1.54, 1.807) is 20.3 Å². The highest BCUT2D eigenvalue weighted by atomic mass is 28.3. The number of carbonyl (C=O) groups excluding carboxylic acids is 2. The van der Waals surface area contributed by atoms with Gasteiger partial charge >= 0.3 is 0 Å². The van der Waals surface area contributed by atoms with E-state index in [1.807, 2.05) is 13.0 Å². The van der Waals surface area contributed by atoms with Gasteiger partial charge in [-0.3, -0.25) is 9.59 Å². The van der Waals surface area contributed by atoms with Crippen molar-refractivity contribution in [2.75, 3.05) is 14.2 Å². The van der Waals surface area contributed by atoms with E-state index in [4.69, 9.17) is 13.9 Å². The number of amides is 1. The predicted molar refractivity (Wildman–Crippen MR) is 119 cm³/mol. The Hall–Kier alpha value is -1.86. The molecule has 1 aliphatic carbocycles. The van der Waals surface area contributed by atoms with Gasteiger partial charge in [-0.15, -0.1) is 0 Å². The Labute approximate surface area is 181 Å². The van der Waals surface area contributed by atoms with Crippen LogP contribution in [0.2, 0.25) is 13.1 Å². The second-order valence-electron chi connectivity index (χ2n) is 9.87. The maximum atomic E-state index is 13.5. The van der Waals surface area contributed by atoms with E-state index in [0.29, 0.717) is 29.9 Å². The molecule has 1 fully saturated rings. The van der Waals surface area contributed by atoms with Crippen LogP contribution < -0.4 is 14.8 Å². The molecule has 0 aromatic heterocycles. The molecule has 0 radical (unpaired) electrons. The van der Waals surface area contributed by atoms with Crippen molar-refractivity contribution in [2.24, 2.45) is 17.3 Å². The first-order valence-corrected chi connectivity index (χ1v) is 13.5. The Bertz CT molecular complexity index is 847.